The van der Waals surface area contributed by atoms with Crippen LogP contribution < -0.4 is 0 Å². The van der Waals surface area contributed by atoms with Crippen LogP contribution in [0.25, 0.3) is 32.3 Å². The summed E-state index contributed by atoms with van der Waals surface area (Å²) in [5.74, 6) is 0.322. The molecule has 0 spiro atoms. The Morgan fingerprint density at radius 1 is 0.433 bits per heavy atom. The van der Waals surface area contributed by atoms with Gasteiger partial charge in [-0.05, 0) is 44.5 Å². The fourth-order valence-electron chi connectivity index (χ4n) is 3.29. The van der Waals surface area contributed by atoms with Gasteiger partial charge in [-0.2, -0.15) is 8.42 Å². The molecule has 0 saturated heterocycles. The van der Waals surface area contributed by atoms with Crippen LogP contribution >= 0.6 is 0 Å². The van der Waals surface area contributed by atoms with Gasteiger partial charge in [0.2, 0.25) is 0 Å². The number of hydrogen-bond donors (Lipinski definition) is 3. The molecule has 5 nitrogen and oxygen atoms in total. The van der Waals surface area contributed by atoms with Gasteiger partial charge in [-0.3, -0.25) is 9.11 Å². The Morgan fingerprint density at radius 2 is 0.633 bits per heavy atom. The summed E-state index contributed by atoms with van der Waals surface area (Å²) in [5, 5.41) is 16.7. The third kappa shape index (κ3) is 5.55. The summed E-state index contributed by atoms with van der Waals surface area (Å²) in [6.07, 6.45) is 0. The van der Waals surface area contributed by atoms with Crippen molar-refractivity contribution in [2.75, 3.05) is 0 Å². The highest BCUT2D eigenvalue weighted by Gasteiger charge is 2.06. The Labute approximate surface area is 174 Å². The molecule has 3 N–H and O–H groups in total. The van der Waals surface area contributed by atoms with Gasteiger partial charge < -0.3 is 5.11 Å². The van der Waals surface area contributed by atoms with Gasteiger partial charge in [0, 0.05) is 0 Å². The SMILES string of the molecule is O=S(=O)(O)O.Oc1ccccc1.c1ccc2c(c1)c1ccccc1c1ccccc21. The lowest BCUT2D eigenvalue weighted by Gasteiger charge is -2.09. The summed E-state index contributed by atoms with van der Waals surface area (Å²) >= 11 is 0. The average Bonchev–Trinajstić information content (AvgIpc) is 2.74. The molecule has 0 unspecified atom stereocenters. The summed E-state index contributed by atoms with van der Waals surface area (Å²) in [4.78, 5) is 0. The molecule has 5 rings (SSSR count). The molecule has 0 fully saturated rings. The molecular formula is C24H20O5S. The molecule has 5 aromatic rings. The van der Waals surface area contributed by atoms with Crippen molar-refractivity contribution in [3.8, 4) is 5.75 Å². The van der Waals surface area contributed by atoms with Crippen molar-refractivity contribution in [1.29, 1.82) is 0 Å². The van der Waals surface area contributed by atoms with Crippen molar-refractivity contribution in [2.45, 2.75) is 0 Å². The van der Waals surface area contributed by atoms with Crippen LogP contribution in [0.3, 0.4) is 0 Å². The molecule has 0 bridgehead atoms. The lowest BCUT2D eigenvalue weighted by Crippen LogP contribution is -1.89. The minimum absolute atomic E-state index is 0.322. The second kappa shape index (κ2) is 9.37. The second-order valence-electron chi connectivity index (χ2n) is 6.42. The minimum Gasteiger partial charge on any atom is -0.508 e. The van der Waals surface area contributed by atoms with Crippen LogP contribution in [0.5, 0.6) is 5.75 Å². The maximum atomic E-state index is 8.74. The highest BCUT2D eigenvalue weighted by atomic mass is 32.3. The molecule has 0 radical (unpaired) electrons. The van der Waals surface area contributed by atoms with Crippen LogP contribution in [-0.4, -0.2) is 22.6 Å². The second-order valence-corrected chi connectivity index (χ2v) is 7.32. The van der Waals surface area contributed by atoms with Crippen molar-refractivity contribution in [2.24, 2.45) is 0 Å². The van der Waals surface area contributed by atoms with E-state index in [1.165, 1.54) is 32.3 Å². The van der Waals surface area contributed by atoms with Crippen LogP contribution in [0.2, 0.25) is 0 Å². The first kappa shape index (κ1) is 21.3. The molecule has 0 atom stereocenters. The monoisotopic (exact) mass is 420 g/mol. The Hall–Kier alpha value is -3.45. The predicted octanol–water partition coefficient (Wildman–Crippen LogP) is 5.89. The first-order chi connectivity index (χ1) is 14.3. The largest absolute Gasteiger partial charge is 0.508 e. The van der Waals surface area contributed by atoms with Gasteiger partial charge in [0.25, 0.3) is 0 Å². The summed E-state index contributed by atoms with van der Waals surface area (Å²) in [6.45, 7) is 0. The molecule has 0 amide bonds. The quantitative estimate of drug-likeness (QED) is 0.215. The van der Waals surface area contributed by atoms with Gasteiger partial charge in [-0.25, -0.2) is 0 Å². The van der Waals surface area contributed by atoms with Crippen LogP contribution in [0.15, 0.2) is 103 Å². The smallest absolute Gasteiger partial charge is 0.394 e. The van der Waals surface area contributed by atoms with E-state index in [0.717, 1.165) is 0 Å². The zero-order chi connectivity index (χ0) is 21.6. The summed E-state index contributed by atoms with van der Waals surface area (Å²) in [7, 11) is -4.67. The Bertz CT molecular complexity index is 1150. The van der Waals surface area contributed by atoms with E-state index in [0.29, 0.717) is 5.75 Å². The van der Waals surface area contributed by atoms with E-state index >= 15 is 0 Å². The highest BCUT2D eigenvalue weighted by Crippen LogP contribution is 2.34. The number of benzene rings is 5. The lowest BCUT2D eigenvalue weighted by molar-refractivity contribution is 0.381. The molecule has 0 aliphatic carbocycles. The van der Waals surface area contributed by atoms with Gasteiger partial charge >= 0.3 is 10.4 Å². The van der Waals surface area contributed by atoms with Crippen molar-refractivity contribution < 1.29 is 22.6 Å². The standard InChI is InChI=1S/C18H12.C6H6O.H2O4S/c1-2-8-14-13(7-1)15-9-3-4-11-17(15)18-12-6-5-10-16(14)18;7-6-4-2-1-3-5-6;1-5(2,3)4/h1-12H;1-5,7H;(H2,1,2,3,4). The highest BCUT2D eigenvalue weighted by molar-refractivity contribution is 7.79. The topological polar surface area (TPSA) is 94.8 Å². The fourth-order valence-corrected chi connectivity index (χ4v) is 3.29. The number of para-hydroxylation sites is 1. The normalized spacial score (nSPS) is 10.7. The van der Waals surface area contributed by atoms with E-state index in [9.17, 15) is 0 Å². The van der Waals surface area contributed by atoms with E-state index < -0.39 is 10.4 Å². The minimum atomic E-state index is -4.67. The van der Waals surface area contributed by atoms with Crippen LogP contribution in [-0.2, 0) is 10.4 Å². The Balaban J connectivity index is 0.000000177. The molecule has 0 heterocycles. The van der Waals surface area contributed by atoms with E-state index in [4.69, 9.17) is 22.6 Å². The number of phenols is 1. The van der Waals surface area contributed by atoms with Gasteiger partial charge in [-0.15, -0.1) is 0 Å². The van der Waals surface area contributed by atoms with E-state index in [2.05, 4.69) is 72.8 Å². The number of phenolic OH excluding ortho intramolecular Hbond substituents is 1. The molecule has 5 aromatic carbocycles. The molecular weight excluding hydrogens is 400 g/mol. The molecule has 6 heteroatoms. The molecule has 0 saturated carbocycles. The number of rotatable bonds is 0. The van der Waals surface area contributed by atoms with Gasteiger partial charge in [0.15, 0.2) is 0 Å². The number of fused-ring (bicyclic) bond motifs is 6. The van der Waals surface area contributed by atoms with Crippen molar-refractivity contribution in [1.82, 2.24) is 0 Å². The predicted molar refractivity (Wildman–Crippen MR) is 121 cm³/mol. The third-order valence-electron chi connectivity index (χ3n) is 4.41. The van der Waals surface area contributed by atoms with E-state index in [-0.39, 0.29) is 0 Å². The molecule has 0 aromatic heterocycles. The van der Waals surface area contributed by atoms with Gasteiger partial charge in [-0.1, -0.05) is 91.0 Å². The zero-order valence-electron chi connectivity index (χ0n) is 15.9. The number of aromatic hydroxyl groups is 1. The average molecular weight is 420 g/mol. The van der Waals surface area contributed by atoms with Crippen molar-refractivity contribution in [3.63, 3.8) is 0 Å². The van der Waals surface area contributed by atoms with Crippen LogP contribution in [0.4, 0.5) is 0 Å². The zero-order valence-corrected chi connectivity index (χ0v) is 16.7. The first-order valence-corrected chi connectivity index (χ1v) is 10.5. The van der Waals surface area contributed by atoms with Crippen LogP contribution in [0, 0.1) is 0 Å². The summed E-state index contributed by atoms with van der Waals surface area (Å²) < 4.78 is 31.6. The number of hydrogen-bond acceptors (Lipinski definition) is 3. The van der Waals surface area contributed by atoms with Crippen molar-refractivity contribution in [3.05, 3.63) is 103 Å². The molecule has 152 valence electrons. The molecule has 30 heavy (non-hydrogen) atoms. The van der Waals surface area contributed by atoms with Gasteiger partial charge in [0.1, 0.15) is 5.75 Å². The Kier molecular flexibility index (Phi) is 6.64. The Morgan fingerprint density at radius 3 is 0.800 bits per heavy atom. The maximum Gasteiger partial charge on any atom is 0.394 e. The lowest BCUT2D eigenvalue weighted by atomic mass is 9.95. The summed E-state index contributed by atoms with van der Waals surface area (Å²) in [5.41, 5.74) is 0. The first-order valence-electron chi connectivity index (χ1n) is 9.06. The molecule has 0 aliphatic rings. The fraction of sp³-hybridized carbons (Fsp3) is 0. The molecule has 0 aliphatic heterocycles. The van der Waals surface area contributed by atoms with E-state index in [1.54, 1.807) is 24.3 Å². The maximum absolute atomic E-state index is 8.74. The summed E-state index contributed by atoms with van der Waals surface area (Å²) in [6, 6.07) is 34.7. The third-order valence-corrected chi connectivity index (χ3v) is 4.41. The van der Waals surface area contributed by atoms with Gasteiger partial charge in [0.05, 0.1) is 0 Å². The van der Waals surface area contributed by atoms with Crippen LogP contribution in [0.1, 0.15) is 0 Å². The van der Waals surface area contributed by atoms with E-state index in [1.807, 2.05) is 6.07 Å². The van der Waals surface area contributed by atoms with Crippen molar-refractivity contribution >= 4 is 42.7 Å².